The first-order chi connectivity index (χ1) is 7.85. The lowest BCUT2D eigenvalue weighted by molar-refractivity contribution is -0.155. The summed E-state index contributed by atoms with van der Waals surface area (Å²) in [6.07, 6.45) is 1.49. The van der Waals surface area contributed by atoms with Crippen LogP contribution in [0.5, 0.6) is 0 Å². The Balaban J connectivity index is 2.96. The van der Waals surface area contributed by atoms with Crippen LogP contribution in [0, 0.1) is 0 Å². The highest BCUT2D eigenvalue weighted by molar-refractivity contribution is 5.83. The monoisotopic (exact) mass is 242 g/mol. The number of carbonyl (C=O) groups is 1. The number of amides is 1. The van der Waals surface area contributed by atoms with Crippen LogP contribution < -0.4 is 0 Å². The third-order valence-corrected chi connectivity index (χ3v) is 3.78. The molecule has 1 aliphatic rings. The summed E-state index contributed by atoms with van der Waals surface area (Å²) in [4.78, 5) is 16.6. The minimum Gasteiger partial charge on any atom is -0.396 e. The van der Waals surface area contributed by atoms with Gasteiger partial charge in [0.25, 0.3) is 0 Å². The number of hydrogen-bond donors (Lipinski definition) is 1. The van der Waals surface area contributed by atoms with Crippen LogP contribution in [-0.2, 0) is 4.79 Å². The number of rotatable bonds is 4. The normalized spacial score (nSPS) is 27.3. The van der Waals surface area contributed by atoms with Crippen molar-refractivity contribution in [3.05, 3.63) is 0 Å². The van der Waals surface area contributed by atoms with Crippen molar-refractivity contribution in [2.45, 2.75) is 58.2 Å². The van der Waals surface area contributed by atoms with E-state index in [1.165, 1.54) is 0 Å². The Hall–Kier alpha value is -0.610. The fraction of sp³-hybridized carbons (Fsp3) is 0.923. The molecule has 1 saturated heterocycles. The Kier molecular flexibility index (Phi) is 4.55. The smallest absolute Gasteiger partial charge is 0.240 e. The molecule has 17 heavy (non-hydrogen) atoms. The summed E-state index contributed by atoms with van der Waals surface area (Å²) in [7, 11) is 1.97. The molecule has 0 bridgehead atoms. The van der Waals surface area contributed by atoms with E-state index in [0.717, 1.165) is 13.0 Å². The molecule has 0 saturated carbocycles. The third kappa shape index (κ3) is 2.80. The molecule has 4 nitrogen and oxygen atoms in total. The number of aliphatic hydroxyl groups is 1. The second-order valence-electron chi connectivity index (χ2n) is 5.72. The van der Waals surface area contributed by atoms with Gasteiger partial charge in [0, 0.05) is 19.2 Å². The molecular weight excluding hydrogens is 216 g/mol. The largest absolute Gasteiger partial charge is 0.396 e. The number of hydrogen-bond acceptors (Lipinski definition) is 3. The molecule has 1 heterocycles. The third-order valence-electron chi connectivity index (χ3n) is 3.78. The molecule has 2 atom stereocenters. The summed E-state index contributed by atoms with van der Waals surface area (Å²) in [6.45, 7) is 9.35. The average Bonchev–Trinajstić information content (AvgIpc) is 2.22. The van der Waals surface area contributed by atoms with Crippen molar-refractivity contribution in [3.63, 3.8) is 0 Å². The number of likely N-dealkylation sites (N-methyl/N-ethyl adjacent to an activating group) is 1. The standard InChI is InChI=1S/C13H26N2O2/c1-6-10(2)15-12(17)11(7-8-16)14(5)9-13(15,3)4/h10-11,16H,6-9H2,1-5H3. The van der Waals surface area contributed by atoms with Gasteiger partial charge in [-0.05, 0) is 40.7 Å². The minimum atomic E-state index is -0.165. The van der Waals surface area contributed by atoms with Crippen LogP contribution >= 0.6 is 0 Å². The zero-order valence-electron chi connectivity index (χ0n) is 11.7. The lowest BCUT2D eigenvalue weighted by Gasteiger charge is -2.52. The predicted molar refractivity (Wildman–Crippen MR) is 68.8 cm³/mol. The Labute approximate surface area is 105 Å². The van der Waals surface area contributed by atoms with Crippen LogP contribution in [0.1, 0.15) is 40.5 Å². The summed E-state index contributed by atoms with van der Waals surface area (Å²) in [6, 6.07) is 0.0921. The van der Waals surface area contributed by atoms with E-state index in [1.54, 1.807) is 0 Å². The maximum Gasteiger partial charge on any atom is 0.240 e. The summed E-state index contributed by atoms with van der Waals surface area (Å²) in [5.41, 5.74) is -0.132. The number of nitrogens with zero attached hydrogens (tertiary/aromatic N) is 2. The molecule has 1 fully saturated rings. The summed E-state index contributed by atoms with van der Waals surface area (Å²) in [5.74, 6) is 0.159. The molecule has 2 unspecified atom stereocenters. The Morgan fingerprint density at radius 2 is 2.12 bits per heavy atom. The van der Waals surface area contributed by atoms with Crippen LogP contribution in [0.15, 0.2) is 0 Å². The lowest BCUT2D eigenvalue weighted by Crippen LogP contribution is -2.67. The number of piperazine rings is 1. The lowest BCUT2D eigenvalue weighted by atomic mass is 9.91. The van der Waals surface area contributed by atoms with Crippen molar-refractivity contribution >= 4 is 5.91 Å². The van der Waals surface area contributed by atoms with Gasteiger partial charge in [-0.2, -0.15) is 0 Å². The van der Waals surface area contributed by atoms with Crippen molar-refractivity contribution in [2.24, 2.45) is 0 Å². The van der Waals surface area contributed by atoms with E-state index in [4.69, 9.17) is 5.11 Å². The quantitative estimate of drug-likeness (QED) is 0.802. The van der Waals surface area contributed by atoms with Gasteiger partial charge in [0.2, 0.25) is 5.91 Å². The molecule has 0 aromatic rings. The molecule has 0 aromatic heterocycles. The zero-order chi connectivity index (χ0) is 13.2. The first-order valence-electron chi connectivity index (χ1n) is 6.49. The van der Waals surface area contributed by atoms with E-state index < -0.39 is 0 Å². The number of aliphatic hydroxyl groups excluding tert-OH is 1. The predicted octanol–water partition coefficient (Wildman–Crippen LogP) is 1.09. The van der Waals surface area contributed by atoms with Crippen LogP contribution in [0.3, 0.4) is 0 Å². The topological polar surface area (TPSA) is 43.8 Å². The van der Waals surface area contributed by atoms with Gasteiger partial charge in [0.05, 0.1) is 11.6 Å². The maximum absolute atomic E-state index is 12.5. The van der Waals surface area contributed by atoms with Gasteiger partial charge >= 0.3 is 0 Å². The van der Waals surface area contributed by atoms with Crippen molar-refractivity contribution in [1.82, 2.24) is 9.80 Å². The van der Waals surface area contributed by atoms with Crippen LogP contribution in [0.2, 0.25) is 0 Å². The molecule has 0 aliphatic carbocycles. The van der Waals surface area contributed by atoms with E-state index in [-0.39, 0.29) is 30.1 Å². The van der Waals surface area contributed by atoms with Crippen LogP contribution in [-0.4, -0.2) is 58.6 Å². The van der Waals surface area contributed by atoms with Gasteiger partial charge in [-0.15, -0.1) is 0 Å². The number of carbonyl (C=O) groups excluding carboxylic acids is 1. The molecule has 1 amide bonds. The second-order valence-corrected chi connectivity index (χ2v) is 5.72. The maximum atomic E-state index is 12.5. The zero-order valence-corrected chi connectivity index (χ0v) is 11.7. The van der Waals surface area contributed by atoms with E-state index in [1.807, 2.05) is 11.9 Å². The minimum absolute atomic E-state index is 0.0650. The Morgan fingerprint density at radius 1 is 1.53 bits per heavy atom. The highest BCUT2D eigenvalue weighted by Gasteiger charge is 2.44. The van der Waals surface area contributed by atoms with Crippen molar-refractivity contribution in [2.75, 3.05) is 20.2 Å². The van der Waals surface area contributed by atoms with Gasteiger partial charge in [0.15, 0.2) is 0 Å². The Bertz CT molecular complexity index is 279. The molecular formula is C13H26N2O2. The van der Waals surface area contributed by atoms with E-state index in [2.05, 4.69) is 32.6 Å². The van der Waals surface area contributed by atoms with Crippen molar-refractivity contribution < 1.29 is 9.90 Å². The SMILES string of the molecule is CCC(C)N1C(=O)C(CCO)N(C)CC1(C)C. The average molecular weight is 242 g/mol. The van der Waals surface area contributed by atoms with Gasteiger partial charge in [-0.25, -0.2) is 0 Å². The van der Waals surface area contributed by atoms with E-state index in [9.17, 15) is 4.79 Å². The fourth-order valence-electron chi connectivity index (χ4n) is 2.91. The van der Waals surface area contributed by atoms with Crippen LogP contribution in [0.25, 0.3) is 0 Å². The molecule has 4 heteroatoms. The van der Waals surface area contributed by atoms with Crippen molar-refractivity contribution in [3.8, 4) is 0 Å². The second kappa shape index (κ2) is 5.36. The van der Waals surface area contributed by atoms with Gasteiger partial charge < -0.3 is 10.0 Å². The summed E-state index contributed by atoms with van der Waals surface area (Å²) in [5, 5.41) is 9.07. The van der Waals surface area contributed by atoms with E-state index >= 15 is 0 Å². The Morgan fingerprint density at radius 3 is 2.59 bits per heavy atom. The molecule has 0 spiro atoms. The molecule has 0 aromatic carbocycles. The fourth-order valence-corrected chi connectivity index (χ4v) is 2.91. The van der Waals surface area contributed by atoms with Gasteiger partial charge in [0.1, 0.15) is 0 Å². The molecule has 0 radical (unpaired) electrons. The van der Waals surface area contributed by atoms with Crippen LogP contribution in [0.4, 0.5) is 0 Å². The molecule has 1 rings (SSSR count). The first kappa shape index (κ1) is 14.5. The molecule has 1 aliphatic heterocycles. The first-order valence-corrected chi connectivity index (χ1v) is 6.49. The summed E-state index contributed by atoms with van der Waals surface area (Å²) >= 11 is 0. The van der Waals surface area contributed by atoms with Gasteiger partial charge in [-0.3, -0.25) is 9.69 Å². The summed E-state index contributed by atoms with van der Waals surface area (Å²) < 4.78 is 0. The highest BCUT2D eigenvalue weighted by atomic mass is 16.3. The molecule has 100 valence electrons. The molecule has 1 N–H and O–H groups in total. The van der Waals surface area contributed by atoms with Gasteiger partial charge in [-0.1, -0.05) is 6.92 Å². The van der Waals surface area contributed by atoms with Crippen molar-refractivity contribution in [1.29, 1.82) is 0 Å². The van der Waals surface area contributed by atoms with E-state index in [0.29, 0.717) is 6.42 Å². The highest BCUT2D eigenvalue weighted by Crippen LogP contribution is 2.28.